The second kappa shape index (κ2) is 10.2. The molecule has 4 N–H and O–H groups in total. The Hall–Kier alpha value is -3.78. The summed E-state index contributed by atoms with van der Waals surface area (Å²) in [6.07, 6.45) is 2.95. The third-order valence-corrected chi connectivity index (χ3v) is 8.88. The molecule has 4 heterocycles. The molecular weight excluding hydrogens is 536 g/mol. The van der Waals surface area contributed by atoms with Crippen LogP contribution in [0.5, 0.6) is 0 Å². The molecule has 0 radical (unpaired) electrons. The highest BCUT2D eigenvalue weighted by atomic mass is 32.2. The number of hydrogen-bond donors (Lipinski definition) is 4. The number of carbonyl (C=O) groups excluding carboxylic acids is 4. The maximum Gasteiger partial charge on any atom is 0.352 e. The van der Waals surface area contributed by atoms with Crippen molar-refractivity contribution in [1.29, 1.82) is 0 Å². The molecule has 0 bridgehead atoms. The third kappa shape index (κ3) is 4.65. The monoisotopic (exact) mass is 558 g/mol. The van der Waals surface area contributed by atoms with Gasteiger partial charge in [0.25, 0.3) is 11.8 Å². The molecule has 198 valence electrons. The topological polar surface area (TPSA) is 173 Å². The van der Waals surface area contributed by atoms with E-state index in [9.17, 15) is 39.0 Å². The number of carboxylic acids is 2. The molecule has 5 rings (SSSR count). The van der Waals surface area contributed by atoms with E-state index < -0.39 is 46.6 Å². The molecule has 1 aromatic carbocycles. The number of amides is 4. The van der Waals surface area contributed by atoms with Gasteiger partial charge in [-0.3, -0.25) is 29.0 Å². The minimum Gasteiger partial charge on any atom is -0.477 e. The Kier molecular flexibility index (Phi) is 6.92. The molecule has 38 heavy (non-hydrogen) atoms. The van der Waals surface area contributed by atoms with E-state index in [2.05, 4.69) is 10.6 Å². The Bertz CT molecular complexity index is 1210. The first-order valence-corrected chi connectivity index (χ1v) is 13.7. The second-order valence-corrected chi connectivity index (χ2v) is 11.2. The van der Waals surface area contributed by atoms with E-state index in [-0.39, 0.29) is 36.1 Å². The predicted molar refractivity (Wildman–Crippen MR) is 135 cm³/mol. The van der Waals surface area contributed by atoms with Crippen LogP contribution in [0.4, 0.5) is 0 Å². The lowest BCUT2D eigenvalue weighted by Crippen LogP contribution is -2.70. The third-order valence-electron chi connectivity index (χ3n) is 6.52. The van der Waals surface area contributed by atoms with Crippen molar-refractivity contribution in [2.75, 3.05) is 11.5 Å². The fourth-order valence-electron chi connectivity index (χ4n) is 4.67. The van der Waals surface area contributed by atoms with E-state index >= 15 is 0 Å². The number of carbonyl (C=O) groups is 6. The van der Waals surface area contributed by atoms with Crippen LogP contribution in [0.3, 0.4) is 0 Å². The first-order chi connectivity index (χ1) is 18.2. The SMILES string of the molecule is O=C(Cc1ccc(CC(=O)N[C@@H]2C(=O)N3C(C(=O)O)=CCS[C@H]23)cc1)N[C@@H]1C(=O)N2C(C(=O)O)=CCS[C@H]12. The zero-order valence-corrected chi connectivity index (χ0v) is 21.3. The Morgan fingerprint density at radius 1 is 0.737 bits per heavy atom. The molecule has 0 spiro atoms. The molecule has 2 fully saturated rings. The molecule has 0 aliphatic carbocycles. The molecule has 14 heteroatoms. The van der Waals surface area contributed by atoms with E-state index in [0.717, 1.165) is 0 Å². The Morgan fingerprint density at radius 3 is 1.45 bits per heavy atom. The number of rotatable bonds is 8. The zero-order chi connectivity index (χ0) is 27.1. The number of nitrogens with zero attached hydrogens (tertiary/aromatic N) is 2. The second-order valence-electron chi connectivity index (χ2n) is 8.91. The lowest BCUT2D eigenvalue weighted by atomic mass is 10.0. The summed E-state index contributed by atoms with van der Waals surface area (Å²) in [5, 5.41) is 22.9. The van der Waals surface area contributed by atoms with Crippen LogP contribution < -0.4 is 10.6 Å². The normalized spacial score (nSPS) is 25.6. The summed E-state index contributed by atoms with van der Waals surface area (Å²) >= 11 is 2.76. The van der Waals surface area contributed by atoms with Crippen molar-refractivity contribution >= 4 is 59.1 Å². The van der Waals surface area contributed by atoms with Gasteiger partial charge in [0, 0.05) is 11.5 Å². The molecule has 0 unspecified atom stereocenters. The quantitative estimate of drug-likeness (QED) is 0.305. The number of fused-ring (bicyclic) bond motifs is 2. The molecule has 4 aliphatic heterocycles. The highest BCUT2D eigenvalue weighted by molar-refractivity contribution is 8.00. The molecule has 4 amide bonds. The molecule has 2 saturated heterocycles. The highest BCUT2D eigenvalue weighted by Gasteiger charge is 2.53. The number of aliphatic carboxylic acids is 2. The van der Waals surface area contributed by atoms with Gasteiger partial charge in [-0.1, -0.05) is 24.3 Å². The number of hydrogen-bond acceptors (Lipinski definition) is 8. The largest absolute Gasteiger partial charge is 0.477 e. The van der Waals surface area contributed by atoms with Crippen molar-refractivity contribution in [3.63, 3.8) is 0 Å². The first kappa shape index (κ1) is 25.9. The molecule has 4 atom stereocenters. The van der Waals surface area contributed by atoms with Gasteiger partial charge in [-0.05, 0) is 23.3 Å². The summed E-state index contributed by atoms with van der Waals surface area (Å²) in [4.78, 5) is 74.8. The Morgan fingerprint density at radius 2 is 1.11 bits per heavy atom. The average Bonchev–Trinajstić information content (AvgIpc) is 2.90. The summed E-state index contributed by atoms with van der Waals surface area (Å²) in [6, 6.07) is 5.19. The zero-order valence-electron chi connectivity index (χ0n) is 19.7. The molecule has 0 aromatic heterocycles. The Balaban J connectivity index is 1.10. The van der Waals surface area contributed by atoms with Crippen LogP contribution in [0, 0.1) is 0 Å². The minimum absolute atomic E-state index is 0.0000122. The van der Waals surface area contributed by atoms with Gasteiger partial charge in [0.05, 0.1) is 12.8 Å². The van der Waals surface area contributed by atoms with Gasteiger partial charge in [-0.2, -0.15) is 0 Å². The molecule has 1 aromatic rings. The van der Waals surface area contributed by atoms with Gasteiger partial charge in [0.2, 0.25) is 11.8 Å². The van der Waals surface area contributed by atoms with E-state index in [1.807, 2.05) is 0 Å². The lowest BCUT2D eigenvalue weighted by Gasteiger charge is -2.48. The fourth-order valence-corrected chi connectivity index (χ4v) is 7.06. The first-order valence-electron chi connectivity index (χ1n) is 11.6. The number of thioether (sulfide) groups is 2. The van der Waals surface area contributed by atoms with Crippen LogP contribution in [0.1, 0.15) is 11.1 Å². The van der Waals surface area contributed by atoms with Crippen molar-refractivity contribution in [3.8, 4) is 0 Å². The van der Waals surface area contributed by atoms with Gasteiger partial charge in [0.1, 0.15) is 34.2 Å². The van der Waals surface area contributed by atoms with E-state index in [0.29, 0.717) is 22.6 Å². The van der Waals surface area contributed by atoms with E-state index in [1.54, 1.807) is 24.3 Å². The average molecular weight is 559 g/mol. The van der Waals surface area contributed by atoms with Crippen LogP contribution in [0.25, 0.3) is 0 Å². The molecule has 0 saturated carbocycles. The van der Waals surface area contributed by atoms with Crippen molar-refractivity contribution < 1.29 is 39.0 Å². The minimum atomic E-state index is -1.18. The molecule has 4 aliphatic rings. The van der Waals surface area contributed by atoms with Gasteiger partial charge in [0.15, 0.2) is 0 Å². The van der Waals surface area contributed by atoms with E-state index in [4.69, 9.17) is 0 Å². The highest BCUT2D eigenvalue weighted by Crippen LogP contribution is 2.38. The van der Waals surface area contributed by atoms with Crippen LogP contribution in [-0.4, -0.2) is 89.9 Å². The maximum absolute atomic E-state index is 12.5. The standard InChI is InChI=1S/C24H22N4O8S2/c29-15(25-17-19(31)27-13(23(33)34)5-7-37-21(17)27)9-11-1-2-12(4-3-11)10-16(30)26-18-20(32)28-14(24(35)36)6-8-38-22(18)28/h1-6,17-18,21-22H,7-10H2,(H,25,29)(H,26,30)(H,33,34)(H,35,36)/t17-,18-,21-,22-/m1/s1. The molecule has 12 nitrogen and oxygen atoms in total. The van der Waals surface area contributed by atoms with Crippen molar-refractivity contribution in [1.82, 2.24) is 20.4 Å². The van der Waals surface area contributed by atoms with Crippen LogP contribution in [0.2, 0.25) is 0 Å². The van der Waals surface area contributed by atoms with Crippen LogP contribution >= 0.6 is 23.5 Å². The fraction of sp³-hybridized carbons (Fsp3) is 0.333. The summed E-state index contributed by atoms with van der Waals surface area (Å²) < 4.78 is 0. The summed E-state index contributed by atoms with van der Waals surface area (Å²) in [6.45, 7) is 0. The predicted octanol–water partition coefficient (Wildman–Crippen LogP) is -0.492. The van der Waals surface area contributed by atoms with Gasteiger partial charge in [-0.25, -0.2) is 9.59 Å². The van der Waals surface area contributed by atoms with Crippen molar-refractivity contribution in [2.45, 2.75) is 35.7 Å². The van der Waals surface area contributed by atoms with E-state index in [1.165, 1.54) is 45.5 Å². The van der Waals surface area contributed by atoms with Gasteiger partial charge >= 0.3 is 11.9 Å². The van der Waals surface area contributed by atoms with Crippen LogP contribution in [-0.2, 0) is 41.6 Å². The van der Waals surface area contributed by atoms with Gasteiger partial charge in [-0.15, -0.1) is 23.5 Å². The summed E-state index contributed by atoms with van der Waals surface area (Å²) in [5.74, 6) is -3.17. The van der Waals surface area contributed by atoms with Crippen molar-refractivity contribution in [2.24, 2.45) is 0 Å². The number of nitrogens with one attached hydrogen (secondary N) is 2. The summed E-state index contributed by atoms with van der Waals surface area (Å²) in [5.41, 5.74) is 1.19. The number of carboxylic acid groups (broad SMARTS) is 2. The Labute approximate surface area is 224 Å². The number of β-lactam (4-membered cyclic amide) rings is 2. The molecular formula is C24H22N4O8S2. The van der Waals surface area contributed by atoms with Gasteiger partial charge < -0.3 is 20.8 Å². The lowest BCUT2D eigenvalue weighted by molar-refractivity contribution is -0.150. The summed E-state index contributed by atoms with van der Waals surface area (Å²) in [7, 11) is 0. The van der Waals surface area contributed by atoms with Crippen molar-refractivity contribution in [3.05, 3.63) is 58.9 Å². The maximum atomic E-state index is 12.5. The van der Waals surface area contributed by atoms with Crippen LogP contribution in [0.15, 0.2) is 47.8 Å². The smallest absolute Gasteiger partial charge is 0.352 e. The number of benzene rings is 1.